The van der Waals surface area contributed by atoms with E-state index in [0.29, 0.717) is 11.1 Å². The first-order valence-electron chi connectivity index (χ1n) is 9.11. The van der Waals surface area contributed by atoms with E-state index in [2.05, 4.69) is 14.2 Å². The van der Waals surface area contributed by atoms with Crippen LogP contribution in [0.3, 0.4) is 0 Å². The largest absolute Gasteiger partial charge is 0.433 e. The molecule has 3 aliphatic heterocycles. The summed E-state index contributed by atoms with van der Waals surface area (Å²) in [6.07, 6.45) is -2.04. The average Bonchev–Trinajstić information content (AvgIpc) is 2.52. The van der Waals surface area contributed by atoms with Gasteiger partial charge < -0.3 is 9.64 Å². The summed E-state index contributed by atoms with van der Waals surface area (Å²) in [6.45, 7) is 8.91. The van der Waals surface area contributed by atoms with Gasteiger partial charge in [0.2, 0.25) is 0 Å². The molecule has 3 fully saturated rings. The Balaban J connectivity index is 1.23. The Kier molecular flexibility index (Phi) is 4.96. The Morgan fingerprint density at radius 3 is 2.50 bits per heavy atom. The lowest BCUT2D eigenvalue weighted by atomic mass is 9.74. The second kappa shape index (κ2) is 6.96. The molecule has 0 saturated carbocycles. The molecular weight excluding hydrogens is 363 g/mol. The van der Waals surface area contributed by atoms with Gasteiger partial charge in [0.1, 0.15) is 5.69 Å². The van der Waals surface area contributed by atoms with E-state index in [4.69, 9.17) is 4.74 Å². The molecule has 0 amide bonds. The molecule has 144 valence electrons. The number of halogens is 3. The van der Waals surface area contributed by atoms with Gasteiger partial charge in [-0.05, 0) is 49.8 Å². The van der Waals surface area contributed by atoms with Gasteiger partial charge >= 0.3 is 6.18 Å². The van der Waals surface area contributed by atoms with Crippen molar-refractivity contribution in [3.63, 3.8) is 0 Å². The number of pyridine rings is 1. The van der Waals surface area contributed by atoms with Crippen molar-refractivity contribution in [2.24, 2.45) is 11.3 Å². The van der Waals surface area contributed by atoms with Crippen molar-refractivity contribution in [1.29, 1.82) is 0 Å². The lowest BCUT2D eigenvalue weighted by Gasteiger charge is -2.60. The topological polar surface area (TPSA) is 28.6 Å². The quantitative estimate of drug-likeness (QED) is 0.738. The predicted molar refractivity (Wildman–Crippen MR) is 93.8 cm³/mol. The molecule has 4 heterocycles. The van der Waals surface area contributed by atoms with Crippen LogP contribution in [0, 0.1) is 18.3 Å². The lowest BCUT2D eigenvalue weighted by Crippen LogP contribution is -2.70. The maximum atomic E-state index is 12.7. The van der Waals surface area contributed by atoms with E-state index in [0.717, 1.165) is 56.3 Å². The first kappa shape index (κ1) is 18.5. The molecule has 3 aliphatic rings. The Morgan fingerprint density at radius 1 is 1.19 bits per heavy atom. The van der Waals surface area contributed by atoms with Crippen molar-refractivity contribution in [3.05, 3.63) is 23.5 Å². The van der Waals surface area contributed by atoms with E-state index in [1.165, 1.54) is 31.3 Å². The van der Waals surface area contributed by atoms with Crippen LogP contribution in [0.1, 0.15) is 24.2 Å². The lowest BCUT2D eigenvalue weighted by molar-refractivity contribution is -0.141. The van der Waals surface area contributed by atoms with Crippen LogP contribution in [0.15, 0.2) is 17.0 Å². The maximum absolute atomic E-state index is 12.7. The summed E-state index contributed by atoms with van der Waals surface area (Å²) >= 11 is 1.53. The highest BCUT2D eigenvalue weighted by Gasteiger charge is 2.52. The summed E-state index contributed by atoms with van der Waals surface area (Å²) in [6, 6.07) is 2.61. The number of hydrogen-bond acceptors (Lipinski definition) is 5. The number of alkyl halides is 3. The Hall–Kier alpha value is -0.830. The molecule has 0 aromatic carbocycles. The van der Waals surface area contributed by atoms with E-state index in [1.54, 1.807) is 13.0 Å². The standard InChI is InChI=1S/C18H24F3N3OS/c1-13-15(2-3-16(22-13)18(19,20)21)26-24-11-17(12-24)9-23(10-17)8-14-4-6-25-7-5-14/h2-3,14H,4-12H2,1H3. The zero-order valence-electron chi connectivity index (χ0n) is 14.9. The first-order valence-corrected chi connectivity index (χ1v) is 9.88. The fourth-order valence-corrected chi connectivity index (χ4v) is 5.50. The van der Waals surface area contributed by atoms with Crippen LogP contribution < -0.4 is 0 Å². The number of likely N-dealkylation sites (tertiary alicyclic amines) is 1. The van der Waals surface area contributed by atoms with Gasteiger partial charge in [-0.2, -0.15) is 13.2 Å². The third-order valence-electron chi connectivity index (χ3n) is 5.55. The number of aromatic nitrogens is 1. The minimum absolute atomic E-state index is 0.394. The van der Waals surface area contributed by atoms with Crippen LogP contribution in [0.5, 0.6) is 0 Å². The van der Waals surface area contributed by atoms with Gasteiger partial charge in [-0.25, -0.2) is 9.29 Å². The van der Waals surface area contributed by atoms with Gasteiger partial charge in [-0.1, -0.05) is 0 Å². The molecule has 4 nitrogen and oxygen atoms in total. The molecule has 1 aromatic rings. The second-order valence-electron chi connectivity index (χ2n) is 7.89. The molecule has 0 radical (unpaired) electrons. The molecule has 26 heavy (non-hydrogen) atoms. The summed E-state index contributed by atoms with van der Waals surface area (Å²) in [7, 11) is 0. The Bertz CT molecular complexity index is 650. The van der Waals surface area contributed by atoms with Gasteiger partial charge in [-0.15, -0.1) is 0 Å². The van der Waals surface area contributed by atoms with E-state index >= 15 is 0 Å². The van der Waals surface area contributed by atoms with Crippen LogP contribution in [-0.4, -0.2) is 60.1 Å². The van der Waals surface area contributed by atoms with Gasteiger partial charge in [0.05, 0.1) is 5.69 Å². The highest BCUT2D eigenvalue weighted by molar-refractivity contribution is 7.97. The third kappa shape index (κ3) is 3.88. The number of nitrogens with zero attached hydrogens (tertiary/aromatic N) is 3. The second-order valence-corrected chi connectivity index (χ2v) is 9.03. The van der Waals surface area contributed by atoms with Crippen molar-refractivity contribution >= 4 is 11.9 Å². The van der Waals surface area contributed by atoms with Gasteiger partial charge in [0, 0.05) is 56.2 Å². The van der Waals surface area contributed by atoms with Crippen molar-refractivity contribution in [1.82, 2.24) is 14.2 Å². The summed E-state index contributed by atoms with van der Waals surface area (Å²) in [5.74, 6) is 0.771. The summed E-state index contributed by atoms with van der Waals surface area (Å²) < 4.78 is 45.8. The van der Waals surface area contributed by atoms with Crippen LogP contribution in [0.25, 0.3) is 0 Å². The molecule has 1 spiro atoms. The normalized spacial score (nSPS) is 24.5. The zero-order chi connectivity index (χ0) is 18.4. The van der Waals surface area contributed by atoms with Crippen molar-refractivity contribution < 1.29 is 17.9 Å². The van der Waals surface area contributed by atoms with Crippen LogP contribution in [0.2, 0.25) is 0 Å². The number of hydrogen-bond donors (Lipinski definition) is 0. The highest BCUT2D eigenvalue weighted by Crippen LogP contribution is 2.45. The molecule has 8 heteroatoms. The van der Waals surface area contributed by atoms with Gasteiger partial charge in [0.15, 0.2) is 0 Å². The predicted octanol–water partition coefficient (Wildman–Crippen LogP) is 3.46. The zero-order valence-corrected chi connectivity index (χ0v) is 15.7. The first-order chi connectivity index (χ1) is 12.3. The molecule has 1 aromatic heterocycles. The Labute approximate surface area is 156 Å². The summed E-state index contributed by atoms with van der Waals surface area (Å²) in [5, 5.41) is 0. The molecule has 0 unspecified atom stereocenters. The van der Waals surface area contributed by atoms with E-state index in [1.807, 2.05) is 0 Å². The number of ether oxygens (including phenoxy) is 1. The van der Waals surface area contributed by atoms with Crippen molar-refractivity contribution in [2.75, 3.05) is 45.9 Å². The van der Waals surface area contributed by atoms with Crippen LogP contribution in [0.4, 0.5) is 13.2 Å². The molecule has 0 N–H and O–H groups in total. The van der Waals surface area contributed by atoms with Crippen LogP contribution in [-0.2, 0) is 10.9 Å². The van der Waals surface area contributed by atoms with Gasteiger partial charge in [-0.3, -0.25) is 0 Å². The fraction of sp³-hybridized carbons (Fsp3) is 0.722. The highest BCUT2D eigenvalue weighted by atomic mass is 32.2. The van der Waals surface area contributed by atoms with Crippen molar-refractivity contribution in [2.45, 2.75) is 30.8 Å². The molecule has 0 atom stereocenters. The Morgan fingerprint density at radius 2 is 1.88 bits per heavy atom. The maximum Gasteiger partial charge on any atom is 0.433 e. The summed E-state index contributed by atoms with van der Waals surface area (Å²) in [4.78, 5) is 7.07. The molecule has 3 saturated heterocycles. The number of rotatable bonds is 4. The van der Waals surface area contributed by atoms with E-state index in [-0.39, 0.29) is 0 Å². The average molecular weight is 387 g/mol. The summed E-state index contributed by atoms with van der Waals surface area (Å²) in [5.41, 5.74) is 0.0218. The smallest absolute Gasteiger partial charge is 0.381 e. The molecule has 0 bridgehead atoms. The third-order valence-corrected chi connectivity index (χ3v) is 6.70. The minimum atomic E-state index is -4.38. The van der Waals surface area contributed by atoms with Gasteiger partial charge in [0.25, 0.3) is 0 Å². The molecule has 0 aliphatic carbocycles. The van der Waals surface area contributed by atoms with Crippen LogP contribution >= 0.6 is 11.9 Å². The molecule has 4 rings (SSSR count). The van der Waals surface area contributed by atoms with Crippen molar-refractivity contribution in [3.8, 4) is 0 Å². The number of aryl methyl sites for hydroxylation is 1. The fourth-order valence-electron chi connectivity index (χ4n) is 4.23. The SMILES string of the molecule is Cc1nc(C(F)(F)F)ccc1SN1CC2(CN(CC3CCOCC3)C2)C1. The monoisotopic (exact) mass is 387 g/mol. The van der Waals surface area contributed by atoms with E-state index in [9.17, 15) is 13.2 Å². The van der Waals surface area contributed by atoms with E-state index < -0.39 is 11.9 Å². The molecular formula is C18H24F3N3OS. The minimum Gasteiger partial charge on any atom is -0.381 e.